The first-order chi connectivity index (χ1) is 27.9. The number of rotatable bonds is 28. The summed E-state index contributed by atoms with van der Waals surface area (Å²) in [5.41, 5.74) is 16.0. The van der Waals surface area contributed by atoms with Crippen LogP contribution in [0.15, 0.2) is 4.99 Å². The highest BCUT2D eigenvalue weighted by Crippen LogP contribution is 2.11. The zero-order valence-electron chi connectivity index (χ0n) is 35.9. The molecule has 0 saturated heterocycles. The van der Waals surface area contributed by atoms with E-state index in [0.717, 1.165) is 0 Å². The van der Waals surface area contributed by atoms with Gasteiger partial charge in [-0.25, -0.2) is 4.79 Å². The van der Waals surface area contributed by atoms with Gasteiger partial charge in [-0.15, -0.1) is 0 Å². The van der Waals surface area contributed by atoms with Crippen molar-refractivity contribution in [1.82, 2.24) is 42.5 Å². The van der Waals surface area contributed by atoms with Gasteiger partial charge in [-0.2, -0.15) is 0 Å². The third kappa shape index (κ3) is 23.1. The Kier molecular flexibility index (Phi) is 25.4. The summed E-state index contributed by atoms with van der Waals surface area (Å²) < 4.78 is 0. The summed E-state index contributed by atoms with van der Waals surface area (Å²) in [5.74, 6) is -7.96. The molecule has 0 heterocycles. The molecule has 23 nitrogen and oxygen atoms in total. The van der Waals surface area contributed by atoms with Crippen molar-refractivity contribution >= 4 is 59.2 Å². The number of aliphatic imine (C=N–C) groups is 1. The van der Waals surface area contributed by atoms with Gasteiger partial charge >= 0.3 is 5.97 Å². The highest BCUT2D eigenvalue weighted by Gasteiger charge is 2.34. The largest absolute Gasteiger partial charge is 0.480 e. The van der Waals surface area contributed by atoms with E-state index in [1.54, 1.807) is 41.5 Å². The third-order valence-corrected chi connectivity index (χ3v) is 8.49. The van der Waals surface area contributed by atoms with Crippen LogP contribution < -0.4 is 59.7 Å². The quantitative estimate of drug-likeness (QED) is 0.0202. The number of carboxylic acid groups (broad SMARTS) is 1. The summed E-state index contributed by atoms with van der Waals surface area (Å²) in [6.07, 6.45) is -0.926. The highest BCUT2D eigenvalue weighted by atomic mass is 16.4. The zero-order chi connectivity index (χ0) is 46.3. The summed E-state index contributed by atoms with van der Waals surface area (Å²) in [6, 6.07) is -7.76. The van der Waals surface area contributed by atoms with Crippen molar-refractivity contribution in [2.45, 2.75) is 130 Å². The standard InChI is InChI=1S/C37H68N12O11/c1-18(2)12-24(45-29(53)17-43-28(52)16-42-27(51)15-38)33(56)44-21(7)31(54)46-23(10-9-11-41-37(39)40)32(55)47-25(13-19(3)4)34(57)48-26(14-20(5)6)35(58)49-30(22(8)50)36(59)60/h18-26,30,50H,9-17,38H2,1-8H3,(H,42,51)(H,43,52)(H,44,56)(H,45,53)(H,46,54)(H,47,55)(H,48,57)(H,49,58)(H,59,60)(H4,39,40,41)/t21-,22+,23-,24-,25-,26-,30-/m0/s1. The maximum absolute atomic E-state index is 13.8. The summed E-state index contributed by atoms with van der Waals surface area (Å²) in [5, 5.41) is 39.0. The van der Waals surface area contributed by atoms with Crippen LogP contribution in [0.25, 0.3) is 0 Å². The number of nitrogens with two attached hydrogens (primary N) is 3. The second kappa shape index (κ2) is 28.0. The van der Waals surface area contributed by atoms with E-state index in [2.05, 4.69) is 47.5 Å². The average Bonchev–Trinajstić information content (AvgIpc) is 3.13. The molecule has 0 radical (unpaired) electrons. The van der Waals surface area contributed by atoms with E-state index >= 15 is 0 Å². The molecular formula is C37H68N12O11. The smallest absolute Gasteiger partial charge is 0.328 e. The van der Waals surface area contributed by atoms with Crippen molar-refractivity contribution in [2.24, 2.45) is 39.9 Å². The highest BCUT2D eigenvalue weighted by molar-refractivity contribution is 5.97. The van der Waals surface area contributed by atoms with Gasteiger partial charge in [0.05, 0.1) is 25.7 Å². The van der Waals surface area contributed by atoms with Crippen LogP contribution in [-0.2, 0) is 43.2 Å². The molecule has 7 atom stereocenters. The van der Waals surface area contributed by atoms with Crippen molar-refractivity contribution in [3.63, 3.8) is 0 Å². The molecule has 0 aliphatic carbocycles. The molecule has 0 aromatic carbocycles. The topological polar surface area (TPSA) is 381 Å². The van der Waals surface area contributed by atoms with Crippen LogP contribution in [0.4, 0.5) is 0 Å². The van der Waals surface area contributed by atoms with Crippen LogP contribution >= 0.6 is 0 Å². The molecule has 0 saturated carbocycles. The first-order valence-electron chi connectivity index (χ1n) is 19.9. The zero-order valence-corrected chi connectivity index (χ0v) is 35.9. The first kappa shape index (κ1) is 54.4. The van der Waals surface area contributed by atoms with E-state index in [0.29, 0.717) is 0 Å². The summed E-state index contributed by atoms with van der Waals surface area (Å²) in [6.45, 7) is 12.1. The Morgan fingerprint density at radius 2 is 0.967 bits per heavy atom. The van der Waals surface area contributed by atoms with Gasteiger partial charge in [-0.05, 0) is 63.7 Å². The van der Waals surface area contributed by atoms with Gasteiger partial charge in [-0.3, -0.25) is 43.3 Å². The molecule has 0 rings (SSSR count). The Morgan fingerprint density at radius 3 is 1.42 bits per heavy atom. The Bertz CT molecular complexity index is 1500. The lowest BCUT2D eigenvalue weighted by atomic mass is 9.99. The van der Waals surface area contributed by atoms with Crippen LogP contribution in [0.3, 0.4) is 0 Å². The van der Waals surface area contributed by atoms with Gasteiger partial charge in [0, 0.05) is 6.54 Å². The lowest BCUT2D eigenvalue weighted by Crippen LogP contribution is -2.60. The number of aliphatic carboxylic acids is 1. The molecular weight excluding hydrogens is 788 g/mol. The van der Waals surface area contributed by atoms with Crippen molar-refractivity contribution in [2.75, 3.05) is 26.2 Å². The Balaban J connectivity index is 6.11. The van der Waals surface area contributed by atoms with Crippen LogP contribution in [0, 0.1) is 17.8 Å². The Hall–Kier alpha value is -5.58. The van der Waals surface area contributed by atoms with Crippen molar-refractivity contribution in [3.8, 4) is 0 Å². The van der Waals surface area contributed by atoms with Crippen molar-refractivity contribution in [3.05, 3.63) is 0 Å². The molecule has 0 unspecified atom stereocenters. The van der Waals surface area contributed by atoms with E-state index in [9.17, 15) is 53.4 Å². The van der Waals surface area contributed by atoms with E-state index in [1.165, 1.54) is 13.8 Å². The average molecular weight is 857 g/mol. The number of aliphatic hydroxyl groups excluding tert-OH is 1. The van der Waals surface area contributed by atoms with Gasteiger partial charge in [0.25, 0.3) is 0 Å². The number of hydrogen-bond donors (Lipinski definition) is 13. The van der Waals surface area contributed by atoms with E-state index in [-0.39, 0.29) is 68.9 Å². The number of nitrogens with one attached hydrogen (secondary N) is 8. The molecule has 0 spiro atoms. The molecule has 16 N–H and O–H groups in total. The minimum Gasteiger partial charge on any atom is -0.480 e. The first-order valence-corrected chi connectivity index (χ1v) is 19.9. The Labute approximate surface area is 350 Å². The third-order valence-electron chi connectivity index (χ3n) is 8.49. The monoisotopic (exact) mass is 857 g/mol. The summed E-state index contributed by atoms with van der Waals surface area (Å²) in [4.78, 5) is 119. The van der Waals surface area contributed by atoms with Crippen LogP contribution in [0.5, 0.6) is 0 Å². The number of amides is 8. The van der Waals surface area contributed by atoms with Crippen molar-refractivity contribution in [1.29, 1.82) is 0 Å². The van der Waals surface area contributed by atoms with Crippen LogP contribution in [0.1, 0.15) is 87.5 Å². The van der Waals surface area contributed by atoms with Crippen LogP contribution in [0.2, 0.25) is 0 Å². The predicted molar refractivity (Wildman–Crippen MR) is 220 cm³/mol. The van der Waals surface area contributed by atoms with Gasteiger partial charge in [0.2, 0.25) is 47.3 Å². The van der Waals surface area contributed by atoms with Gasteiger partial charge in [0.1, 0.15) is 30.2 Å². The lowest BCUT2D eigenvalue weighted by molar-refractivity contribution is -0.145. The fourth-order valence-corrected chi connectivity index (χ4v) is 5.48. The molecule has 342 valence electrons. The number of carbonyl (C=O) groups excluding carboxylic acids is 8. The van der Waals surface area contributed by atoms with Gasteiger partial charge in [-0.1, -0.05) is 41.5 Å². The molecule has 60 heavy (non-hydrogen) atoms. The number of carbonyl (C=O) groups is 9. The number of carboxylic acids is 1. The minimum atomic E-state index is -1.64. The normalized spacial score (nSPS) is 14.6. The molecule has 0 aromatic rings. The van der Waals surface area contributed by atoms with Crippen LogP contribution in [-0.4, -0.2) is 138 Å². The summed E-state index contributed by atoms with van der Waals surface area (Å²) >= 11 is 0. The van der Waals surface area contributed by atoms with Gasteiger partial charge in [0.15, 0.2) is 12.0 Å². The number of aliphatic hydroxyl groups is 1. The predicted octanol–water partition coefficient (Wildman–Crippen LogP) is -4.24. The maximum atomic E-state index is 13.8. The van der Waals surface area contributed by atoms with Gasteiger partial charge < -0.3 is 69.9 Å². The number of guanidine groups is 1. The Morgan fingerprint density at radius 1 is 0.550 bits per heavy atom. The summed E-state index contributed by atoms with van der Waals surface area (Å²) in [7, 11) is 0. The fraction of sp³-hybridized carbons (Fsp3) is 0.730. The fourth-order valence-electron chi connectivity index (χ4n) is 5.48. The molecule has 0 aromatic heterocycles. The van der Waals surface area contributed by atoms with E-state index in [4.69, 9.17) is 17.2 Å². The second-order valence-corrected chi connectivity index (χ2v) is 15.7. The molecule has 0 bridgehead atoms. The SMILES string of the molecule is CC(C)C[C@H](NC(=O)CNC(=O)CNC(=O)CN)C(=O)N[C@@H](C)C(=O)N[C@@H](CCCN=C(N)N)C(=O)N[C@@H](CC(C)C)C(=O)N[C@@H](CC(C)C)C(=O)N[C@H](C(=O)O)[C@@H](C)O. The molecule has 0 aliphatic rings. The minimum absolute atomic E-state index is 0.0208. The lowest BCUT2D eigenvalue weighted by Gasteiger charge is -2.28. The maximum Gasteiger partial charge on any atom is 0.328 e. The van der Waals surface area contributed by atoms with Crippen molar-refractivity contribution < 1.29 is 53.4 Å². The number of nitrogens with zero attached hydrogens (tertiary/aromatic N) is 1. The molecule has 8 amide bonds. The second-order valence-electron chi connectivity index (χ2n) is 15.7. The molecule has 23 heteroatoms. The molecule has 0 aliphatic heterocycles. The van der Waals surface area contributed by atoms with E-state index < -0.39 is 109 Å². The number of hydrogen-bond acceptors (Lipinski definition) is 12. The van der Waals surface area contributed by atoms with E-state index in [1.807, 2.05) is 0 Å². The molecule has 0 fully saturated rings.